The van der Waals surface area contributed by atoms with Gasteiger partial charge < -0.3 is 11.1 Å². The molecule has 0 radical (unpaired) electrons. The Bertz CT molecular complexity index is 779. The van der Waals surface area contributed by atoms with Crippen molar-refractivity contribution in [2.24, 2.45) is 11.7 Å². The van der Waals surface area contributed by atoms with Crippen LogP contribution in [0.1, 0.15) is 50.1 Å². The molecule has 1 aromatic heterocycles. The van der Waals surface area contributed by atoms with Crippen molar-refractivity contribution in [3.8, 4) is 0 Å². The van der Waals surface area contributed by atoms with Crippen LogP contribution in [0.3, 0.4) is 0 Å². The molecule has 1 aromatic carbocycles. The van der Waals surface area contributed by atoms with Crippen LogP contribution in [0.5, 0.6) is 0 Å². The molecule has 3 N–H and O–H groups in total. The van der Waals surface area contributed by atoms with Crippen LogP contribution in [0.25, 0.3) is 0 Å². The standard InChI is InChI=1S/C18H20N2O2S/c1-10-7-8-14-13(9-10)15(16(19)21)18(23-14)20-17(22)12-6-4-3-5-11(12)2/h3-6,10H,7-9H2,1-2H3,(H2,19,21)(H,20,22)/t10-/m0/s1. The fraction of sp³-hybridized carbons (Fsp3) is 0.333. The van der Waals surface area contributed by atoms with Gasteiger partial charge in [0.15, 0.2) is 0 Å². The van der Waals surface area contributed by atoms with E-state index in [9.17, 15) is 9.59 Å². The van der Waals surface area contributed by atoms with Gasteiger partial charge in [-0.05, 0) is 49.3 Å². The van der Waals surface area contributed by atoms with Crippen molar-refractivity contribution in [2.75, 3.05) is 5.32 Å². The number of rotatable bonds is 3. The first-order valence-electron chi connectivity index (χ1n) is 7.78. The Kier molecular flexibility index (Phi) is 4.22. The van der Waals surface area contributed by atoms with Crippen molar-refractivity contribution in [2.45, 2.75) is 33.1 Å². The molecule has 4 nitrogen and oxygen atoms in total. The van der Waals surface area contributed by atoms with Crippen molar-refractivity contribution in [3.63, 3.8) is 0 Å². The summed E-state index contributed by atoms with van der Waals surface area (Å²) < 4.78 is 0. The SMILES string of the molecule is Cc1ccccc1C(=O)Nc1sc2c(c1C(N)=O)C[C@@H](C)CC2. The number of anilines is 1. The Labute approximate surface area is 139 Å². The summed E-state index contributed by atoms with van der Waals surface area (Å²) in [4.78, 5) is 25.6. The molecular formula is C18H20N2O2S. The van der Waals surface area contributed by atoms with E-state index in [-0.39, 0.29) is 5.91 Å². The van der Waals surface area contributed by atoms with Crippen LogP contribution < -0.4 is 11.1 Å². The highest BCUT2D eigenvalue weighted by molar-refractivity contribution is 7.17. The summed E-state index contributed by atoms with van der Waals surface area (Å²) in [6.45, 7) is 4.07. The van der Waals surface area contributed by atoms with E-state index in [1.807, 2.05) is 25.1 Å². The third kappa shape index (κ3) is 3.01. The van der Waals surface area contributed by atoms with Crippen molar-refractivity contribution in [1.29, 1.82) is 0 Å². The monoisotopic (exact) mass is 328 g/mol. The predicted molar refractivity (Wildman–Crippen MR) is 93.2 cm³/mol. The van der Waals surface area contributed by atoms with Gasteiger partial charge in [-0.1, -0.05) is 25.1 Å². The van der Waals surface area contributed by atoms with Gasteiger partial charge in [0, 0.05) is 10.4 Å². The number of nitrogens with two attached hydrogens (primary N) is 1. The zero-order chi connectivity index (χ0) is 16.6. The van der Waals surface area contributed by atoms with Crippen LogP contribution in [0.4, 0.5) is 5.00 Å². The third-order valence-electron chi connectivity index (χ3n) is 4.37. The number of primary amides is 1. The van der Waals surface area contributed by atoms with E-state index in [4.69, 9.17) is 5.73 Å². The molecule has 1 atom stereocenters. The quantitative estimate of drug-likeness (QED) is 0.904. The highest BCUT2D eigenvalue weighted by Gasteiger charge is 2.27. The number of amides is 2. The smallest absolute Gasteiger partial charge is 0.256 e. The average molecular weight is 328 g/mol. The summed E-state index contributed by atoms with van der Waals surface area (Å²) in [5, 5.41) is 3.49. The minimum atomic E-state index is -0.461. The summed E-state index contributed by atoms with van der Waals surface area (Å²) in [6.07, 6.45) is 2.91. The Morgan fingerprint density at radius 3 is 2.74 bits per heavy atom. The highest BCUT2D eigenvalue weighted by Crippen LogP contribution is 2.39. The van der Waals surface area contributed by atoms with Crippen molar-refractivity contribution in [1.82, 2.24) is 0 Å². The molecule has 23 heavy (non-hydrogen) atoms. The van der Waals surface area contributed by atoms with Crippen LogP contribution in [0.2, 0.25) is 0 Å². The zero-order valence-corrected chi connectivity index (χ0v) is 14.1. The van der Waals surface area contributed by atoms with Crippen molar-refractivity contribution >= 4 is 28.2 Å². The molecule has 2 aromatic rings. The second-order valence-electron chi connectivity index (χ2n) is 6.19. The molecule has 3 rings (SSSR count). The van der Waals surface area contributed by atoms with Gasteiger partial charge in [-0.15, -0.1) is 11.3 Å². The minimum absolute atomic E-state index is 0.197. The van der Waals surface area contributed by atoms with E-state index in [0.29, 0.717) is 22.0 Å². The van der Waals surface area contributed by atoms with E-state index in [1.165, 1.54) is 16.2 Å². The molecule has 0 spiro atoms. The molecule has 0 saturated heterocycles. The lowest BCUT2D eigenvalue weighted by Gasteiger charge is -2.18. The maximum atomic E-state index is 12.5. The summed E-state index contributed by atoms with van der Waals surface area (Å²) in [5.74, 6) is -0.121. The molecule has 120 valence electrons. The van der Waals surface area contributed by atoms with Crippen LogP contribution >= 0.6 is 11.3 Å². The van der Waals surface area contributed by atoms with Gasteiger partial charge in [-0.2, -0.15) is 0 Å². The number of thiophene rings is 1. The predicted octanol–water partition coefficient (Wildman–Crippen LogP) is 3.53. The first-order chi connectivity index (χ1) is 11.0. The Morgan fingerprint density at radius 1 is 1.30 bits per heavy atom. The van der Waals surface area contributed by atoms with Gasteiger partial charge in [0.25, 0.3) is 11.8 Å². The molecule has 0 aliphatic heterocycles. The normalized spacial score (nSPS) is 16.7. The molecule has 2 amide bonds. The lowest BCUT2D eigenvalue weighted by molar-refractivity contribution is 0.1000. The van der Waals surface area contributed by atoms with Gasteiger partial charge in [0.2, 0.25) is 0 Å². The maximum absolute atomic E-state index is 12.5. The molecule has 0 fully saturated rings. The molecule has 0 unspecified atom stereocenters. The number of carbonyl (C=O) groups excluding carboxylic acids is 2. The summed E-state index contributed by atoms with van der Waals surface area (Å²) >= 11 is 1.49. The fourth-order valence-corrected chi connectivity index (χ4v) is 4.35. The van der Waals surface area contributed by atoms with E-state index < -0.39 is 5.91 Å². The van der Waals surface area contributed by atoms with Crippen LogP contribution in [-0.2, 0) is 12.8 Å². The number of hydrogen-bond acceptors (Lipinski definition) is 3. The topological polar surface area (TPSA) is 72.2 Å². The number of carbonyl (C=O) groups is 2. The molecule has 1 heterocycles. The lowest BCUT2D eigenvalue weighted by atomic mass is 9.87. The molecule has 0 bridgehead atoms. The number of benzene rings is 1. The molecule has 1 aliphatic carbocycles. The average Bonchev–Trinajstić information content (AvgIpc) is 2.84. The zero-order valence-electron chi connectivity index (χ0n) is 13.3. The Balaban J connectivity index is 1.96. The second-order valence-corrected chi connectivity index (χ2v) is 7.29. The second kappa shape index (κ2) is 6.16. The largest absolute Gasteiger partial charge is 0.365 e. The lowest BCUT2D eigenvalue weighted by Crippen LogP contribution is -2.20. The number of nitrogens with one attached hydrogen (secondary N) is 1. The van der Waals surface area contributed by atoms with E-state index >= 15 is 0 Å². The molecular weight excluding hydrogens is 308 g/mol. The van der Waals surface area contributed by atoms with Crippen LogP contribution in [0.15, 0.2) is 24.3 Å². The first kappa shape index (κ1) is 15.7. The maximum Gasteiger partial charge on any atom is 0.256 e. The number of hydrogen-bond donors (Lipinski definition) is 2. The molecule has 5 heteroatoms. The van der Waals surface area contributed by atoms with E-state index in [2.05, 4.69) is 12.2 Å². The Hall–Kier alpha value is -2.14. The van der Waals surface area contributed by atoms with Crippen LogP contribution in [-0.4, -0.2) is 11.8 Å². The van der Waals surface area contributed by atoms with E-state index in [1.54, 1.807) is 6.07 Å². The number of aryl methyl sites for hydroxylation is 2. The first-order valence-corrected chi connectivity index (χ1v) is 8.60. The minimum Gasteiger partial charge on any atom is -0.365 e. The van der Waals surface area contributed by atoms with Gasteiger partial charge in [-0.3, -0.25) is 9.59 Å². The van der Waals surface area contributed by atoms with Gasteiger partial charge >= 0.3 is 0 Å². The summed E-state index contributed by atoms with van der Waals surface area (Å²) in [5.41, 5.74) is 8.63. The molecule has 1 aliphatic rings. The third-order valence-corrected chi connectivity index (χ3v) is 5.58. The van der Waals surface area contributed by atoms with Crippen molar-refractivity contribution < 1.29 is 9.59 Å². The van der Waals surface area contributed by atoms with Crippen LogP contribution in [0, 0.1) is 12.8 Å². The van der Waals surface area contributed by atoms with Gasteiger partial charge in [-0.25, -0.2) is 0 Å². The fourth-order valence-electron chi connectivity index (χ4n) is 3.10. The molecule has 0 saturated carbocycles. The van der Waals surface area contributed by atoms with E-state index in [0.717, 1.165) is 30.4 Å². The van der Waals surface area contributed by atoms with Gasteiger partial charge in [0.05, 0.1) is 5.56 Å². The van der Waals surface area contributed by atoms with Crippen molar-refractivity contribution in [3.05, 3.63) is 51.4 Å². The summed E-state index contributed by atoms with van der Waals surface area (Å²) in [6, 6.07) is 7.40. The highest BCUT2D eigenvalue weighted by atomic mass is 32.1. The number of fused-ring (bicyclic) bond motifs is 1. The van der Waals surface area contributed by atoms with Gasteiger partial charge in [0.1, 0.15) is 5.00 Å². The summed E-state index contributed by atoms with van der Waals surface area (Å²) in [7, 11) is 0. The Morgan fingerprint density at radius 2 is 2.04 bits per heavy atom.